The van der Waals surface area contributed by atoms with Gasteiger partial charge in [0.05, 0.1) is 12.3 Å². The highest BCUT2D eigenvalue weighted by Crippen LogP contribution is 2.12. The molecule has 2 rings (SSSR count). The molecular weight excluding hydrogens is 430 g/mol. The Morgan fingerprint density at radius 3 is 2.72 bits per heavy atom. The Labute approximate surface area is 190 Å². The summed E-state index contributed by atoms with van der Waals surface area (Å²) in [5, 5.41) is 20.0. The largest absolute Gasteiger partial charge is 0.595 e. The van der Waals surface area contributed by atoms with E-state index in [1.54, 1.807) is 6.92 Å². The molecule has 170 valence electrons. The fraction of sp³-hybridized carbons (Fsp3) is 0.318. The molecule has 10 heteroatoms. The number of anilines is 1. The van der Waals surface area contributed by atoms with Crippen LogP contribution in [0, 0.1) is 5.41 Å². The fourth-order valence-corrected chi connectivity index (χ4v) is 3.71. The first-order chi connectivity index (χ1) is 15.5. The van der Waals surface area contributed by atoms with E-state index in [1.807, 2.05) is 30.3 Å². The van der Waals surface area contributed by atoms with Crippen molar-refractivity contribution in [2.24, 2.45) is 0 Å². The lowest BCUT2D eigenvalue weighted by molar-refractivity contribution is -0.127. The highest BCUT2D eigenvalue weighted by Gasteiger charge is 2.21. The Morgan fingerprint density at radius 1 is 1.28 bits per heavy atom. The average Bonchev–Trinajstić information content (AvgIpc) is 2.79. The van der Waals surface area contributed by atoms with Gasteiger partial charge >= 0.3 is 0 Å². The van der Waals surface area contributed by atoms with Gasteiger partial charge in [-0.3, -0.25) is 19.0 Å². The van der Waals surface area contributed by atoms with Crippen molar-refractivity contribution < 1.29 is 14.7 Å². The van der Waals surface area contributed by atoms with Crippen molar-refractivity contribution in [2.45, 2.75) is 25.1 Å². The summed E-state index contributed by atoms with van der Waals surface area (Å²) in [6.45, 7) is 1.70. The highest BCUT2D eigenvalue weighted by atomic mass is 32.2. The zero-order valence-corrected chi connectivity index (χ0v) is 18.7. The number of carbonyl (C=O) groups excluding carboxylic acids is 2. The van der Waals surface area contributed by atoms with Gasteiger partial charge in [0.2, 0.25) is 11.7 Å². The normalized spacial score (nSPS) is 12.1. The van der Waals surface area contributed by atoms with E-state index in [-0.39, 0.29) is 36.2 Å². The van der Waals surface area contributed by atoms with Crippen molar-refractivity contribution >= 4 is 35.5 Å². The van der Waals surface area contributed by atoms with Gasteiger partial charge in [0.25, 0.3) is 5.56 Å². The molecule has 0 aliphatic heterocycles. The van der Waals surface area contributed by atoms with Crippen LogP contribution >= 0.6 is 11.8 Å². The SMILES string of the molecule is CCC(C(=O)NCC(=O)CSCc1ccccc1)n1ccnc(NC/C([OH2+])=C/C=N)c1=O. The van der Waals surface area contributed by atoms with E-state index in [4.69, 9.17) is 10.5 Å². The molecule has 0 saturated heterocycles. The summed E-state index contributed by atoms with van der Waals surface area (Å²) in [5.41, 5.74) is 0.634. The molecule has 0 aliphatic carbocycles. The van der Waals surface area contributed by atoms with E-state index in [9.17, 15) is 14.4 Å². The summed E-state index contributed by atoms with van der Waals surface area (Å²) in [5.74, 6) is 0.612. The monoisotopic (exact) mass is 458 g/mol. The Balaban J connectivity index is 1.92. The minimum absolute atomic E-state index is 0.00951. The number of carbonyl (C=O) groups is 2. The number of ketones is 1. The number of Topliss-reactive ketones (excluding diaryl/α,β-unsaturated/α-hetero) is 1. The molecule has 0 aliphatic rings. The average molecular weight is 459 g/mol. The van der Waals surface area contributed by atoms with Gasteiger partial charge in [-0.2, -0.15) is 0 Å². The Bertz CT molecular complexity index is 1010. The van der Waals surface area contributed by atoms with Crippen LogP contribution in [0.4, 0.5) is 5.82 Å². The molecule has 0 saturated carbocycles. The molecule has 1 heterocycles. The third-order valence-corrected chi connectivity index (χ3v) is 5.52. The Hall–Kier alpha value is -3.40. The van der Waals surface area contributed by atoms with E-state index >= 15 is 0 Å². The fourth-order valence-electron chi connectivity index (χ4n) is 2.85. The van der Waals surface area contributed by atoms with Crippen molar-refractivity contribution in [1.29, 1.82) is 5.41 Å². The summed E-state index contributed by atoms with van der Waals surface area (Å²) < 4.78 is 1.27. The second-order valence-corrected chi connectivity index (χ2v) is 7.84. The molecule has 5 N–H and O–H groups in total. The first kappa shape index (κ1) is 24.9. The lowest BCUT2D eigenvalue weighted by Gasteiger charge is -2.18. The maximum atomic E-state index is 12.7. The summed E-state index contributed by atoms with van der Waals surface area (Å²) >= 11 is 1.49. The first-order valence-corrected chi connectivity index (χ1v) is 11.2. The molecule has 1 aromatic heterocycles. The van der Waals surface area contributed by atoms with Crippen LogP contribution < -0.4 is 16.2 Å². The molecule has 32 heavy (non-hydrogen) atoms. The van der Waals surface area contributed by atoms with E-state index < -0.39 is 17.5 Å². The number of benzene rings is 1. The van der Waals surface area contributed by atoms with Gasteiger partial charge in [-0.1, -0.05) is 37.3 Å². The molecule has 0 bridgehead atoms. The Kier molecular flexibility index (Phi) is 10.2. The lowest BCUT2D eigenvalue weighted by atomic mass is 10.2. The smallest absolute Gasteiger partial charge is 0.294 e. The lowest BCUT2D eigenvalue weighted by Crippen LogP contribution is -2.40. The molecule has 0 fully saturated rings. The van der Waals surface area contributed by atoms with Gasteiger partial charge in [0.1, 0.15) is 12.6 Å². The summed E-state index contributed by atoms with van der Waals surface area (Å²) in [4.78, 5) is 41.5. The molecule has 1 amide bonds. The van der Waals surface area contributed by atoms with Crippen molar-refractivity contribution in [2.75, 3.05) is 24.2 Å². The predicted octanol–water partition coefficient (Wildman–Crippen LogP) is 1.48. The van der Waals surface area contributed by atoms with Gasteiger partial charge in [-0.15, -0.1) is 11.8 Å². The van der Waals surface area contributed by atoms with Crippen LogP contribution in [0.3, 0.4) is 0 Å². The second-order valence-electron chi connectivity index (χ2n) is 6.86. The number of allylic oxidation sites excluding steroid dienone is 1. The number of rotatable bonds is 13. The maximum absolute atomic E-state index is 12.7. The van der Waals surface area contributed by atoms with E-state index in [0.29, 0.717) is 6.42 Å². The van der Waals surface area contributed by atoms with Crippen molar-refractivity contribution in [3.63, 3.8) is 0 Å². The molecular formula is C22H28N5O4S+. The molecule has 9 nitrogen and oxygen atoms in total. The van der Waals surface area contributed by atoms with Gasteiger partial charge in [-0.05, 0) is 12.0 Å². The first-order valence-electron chi connectivity index (χ1n) is 10.1. The maximum Gasteiger partial charge on any atom is 0.294 e. The van der Waals surface area contributed by atoms with Crippen molar-refractivity contribution in [3.8, 4) is 0 Å². The molecule has 2 aromatic rings. The summed E-state index contributed by atoms with van der Waals surface area (Å²) in [7, 11) is 0. The summed E-state index contributed by atoms with van der Waals surface area (Å²) in [6, 6.07) is 9.04. The third kappa shape index (κ3) is 7.69. The zero-order chi connectivity index (χ0) is 23.3. The number of hydrogen-bond acceptors (Lipinski definition) is 7. The van der Waals surface area contributed by atoms with Crippen molar-refractivity contribution in [1.82, 2.24) is 14.9 Å². The number of amides is 1. The number of thioether (sulfide) groups is 1. The number of nitrogens with zero attached hydrogens (tertiary/aromatic N) is 2. The van der Waals surface area contributed by atoms with Gasteiger partial charge in [0, 0.05) is 30.4 Å². The van der Waals surface area contributed by atoms with Gasteiger partial charge in [0.15, 0.2) is 11.6 Å². The van der Waals surface area contributed by atoms with E-state index in [1.165, 1.54) is 34.8 Å². The zero-order valence-electron chi connectivity index (χ0n) is 17.8. The minimum atomic E-state index is -0.789. The molecule has 1 unspecified atom stereocenters. The number of hydrogen-bond donors (Lipinski definition) is 3. The van der Waals surface area contributed by atoms with Crippen LogP contribution in [0.2, 0.25) is 0 Å². The third-order valence-electron chi connectivity index (χ3n) is 4.46. The van der Waals surface area contributed by atoms with Crippen LogP contribution in [-0.4, -0.2) is 51.4 Å². The van der Waals surface area contributed by atoms with Gasteiger partial charge < -0.3 is 21.1 Å². The molecule has 0 spiro atoms. The topological polar surface area (TPSA) is 140 Å². The summed E-state index contributed by atoms with van der Waals surface area (Å²) in [6.07, 6.45) is 5.44. The Morgan fingerprint density at radius 2 is 2.03 bits per heavy atom. The molecule has 0 radical (unpaired) electrons. The van der Waals surface area contributed by atoms with Crippen molar-refractivity contribution in [3.05, 3.63) is 70.5 Å². The molecule has 1 aromatic carbocycles. The van der Waals surface area contributed by atoms with Gasteiger partial charge in [-0.25, -0.2) is 4.98 Å². The number of nitrogens with one attached hydrogen (secondary N) is 3. The second kappa shape index (κ2) is 13.1. The highest BCUT2D eigenvalue weighted by molar-refractivity contribution is 7.99. The minimum Gasteiger partial charge on any atom is -0.595 e. The van der Waals surface area contributed by atoms with Crippen LogP contribution in [0.5, 0.6) is 0 Å². The number of aromatic nitrogens is 2. The van der Waals surface area contributed by atoms with E-state index in [2.05, 4.69) is 15.6 Å². The van der Waals surface area contributed by atoms with Crippen LogP contribution in [-0.2, 0) is 15.3 Å². The van der Waals surface area contributed by atoms with E-state index in [0.717, 1.165) is 17.5 Å². The standard InChI is InChI=1S/C22H27N5O4S/c1-2-19(27-11-10-24-20(22(27)31)25-12-17(28)8-9-23)21(30)26-13-18(29)15-32-14-16-6-4-3-5-7-16/h3-11,19,23,28H,2,12-15H2,1H3,(H,24,25)(H,26,30)/p+1/b17-8-,23-9?. The quantitative estimate of drug-likeness (QED) is 0.236. The van der Waals surface area contributed by atoms with Crippen LogP contribution in [0.15, 0.2) is 59.4 Å². The van der Waals surface area contributed by atoms with Crippen LogP contribution in [0.1, 0.15) is 24.9 Å². The van der Waals surface area contributed by atoms with Crippen LogP contribution in [0.25, 0.3) is 0 Å². The predicted molar refractivity (Wildman–Crippen MR) is 127 cm³/mol. The molecule has 1 atom stereocenters.